The highest BCUT2D eigenvalue weighted by atomic mass is 16.5. The zero-order chi connectivity index (χ0) is 22.8. The van der Waals surface area contributed by atoms with Crippen molar-refractivity contribution in [2.24, 2.45) is 18.0 Å². The number of nitrogens with zero attached hydrogens (tertiary/aromatic N) is 4. The Labute approximate surface area is 193 Å². The Morgan fingerprint density at radius 2 is 1.97 bits per heavy atom. The highest BCUT2D eigenvalue weighted by Gasteiger charge is 2.14. The van der Waals surface area contributed by atoms with Gasteiger partial charge in [-0.2, -0.15) is 5.10 Å². The first kappa shape index (κ1) is 24.1. The number of aryl methyl sites for hydroxylation is 1. The maximum Gasteiger partial charge on any atom is 0.195 e. The quantitative estimate of drug-likeness (QED) is 0.333. The van der Waals surface area contributed by atoms with E-state index in [4.69, 9.17) is 9.73 Å². The molecule has 176 valence electrons. The minimum absolute atomic E-state index is 0.170. The van der Waals surface area contributed by atoms with Gasteiger partial charge in [-0.1, -0.05) is 6.92 Å². The van der Waals surface area contributed by atoms with E-state index < -0.39 is 0 Å². The molecule has 0 amide bonds. The number of guanidine groups is 1. The van der Waals surface area contributed by atoms with Crippen molar-refractivity contribution >= 4 is 11.6 Å². The van der Waals surface area contributed by atoms with Gasteiger partial charge < -0.3 is 20.3 Å². The summed E-state index contributed by atoms with van der Waals surface area (Å²) in [6.07, 6.45) is 8.76. The van der Waals surface area contributed by atoms with E-state index in [1.165, 1.54) is 31.5 Å². The van der Waals surface area contributed by atoms with Crippen LogP contribution in [0.25, 0.3) is 0 Å². The average Bonchev–Trinajstić information content (AvgIpc) is 3.18. The first-order chi connectivity index (χ1) is 15.5. The van der Waals surface area contributed by atoms with E-state index in [1.807, 2.05) is 56.0 Å². The second kappa shape index (κ2) is 12.5. The molecule has 0 saturated carbocycles. The summed E-state index contributed by atoms with van der Waals surface area (Å²) in [4.78, 5) is 7.42. The van der Waals surface area contributed by atoms with Crippen LogP contribution in [0.15, 0.2) is 41.7 Å². The van der Waals surface area contributed by atoms with Gasteiger partial charge in [-0.25, -0.2) is 0 Å². The van der Waals surface area contributed by atoms with Gasteiger partial charge in [0, 0.05) is 32.0 Å². The Balaban J connectivity index is 1.52. The van der Waals surface area contributed by atoms with Gasteiger partial charge in [0.1, 0.15) is 5.75 Å². The van der Waals surface area contributed by atoms with E-state index in [9.17, 15) is 0 Å². The van der Waals surface area contributed by atoms with Gasteiger partial charge >= 0.3 is 0 Å². The van der Waals surface area contributed by atoms with E-state index in [2.05, 4.69) is 33.8 Å². The van der Waals surface area contributed by atoms with Crippen LogP contribution in [0.1, 0.15) is 45.6 Å². The molecule has 1 aromatic carbocycles. The lowest BCUT2D eigenvalue weighted by atomic mass is 9.99. The number of ether oxygens (including phenoxy) is 1. The molecule has 1 fully saturated rings. The van der Waals surface area contributed by atoms with Gasteiger partial charge in [-0.15, -0.1) is 0 Å². The number of rotatable bonds is 10. The standard InChI is InChI=1S/C25H40N6O/c1-20(2)32-24-8-6-23(7-9-24)29-25(27-14-10-22-18-28-30(4)19-22)26-13-5-15-31-16-11-21(3)12-17-31/h6-9,18-21H,5,10-17H2,1-4H3,(H2,26,27,29). The summed E-state index contributed by atoms with van der Waals surface area (Å²) in [5.41, 5.74) is 2.22. The zero-order valence-electron chi connectivity index (χ0n) is 20.2. The summed E-state index contributed by atoms with van der Waals surface area (Å²) in [5.74, 6) is 2.57. The summed E-state index contributed by atoms with van der Waals surface area (Å²) < 4.78 is 7.59. The molecule has 0 aliphatic carbocycles. The molecule has 2 heterocycles. The van der Waals surface area contributed by atoms with Gasteiger partial charge in [0.05, 0.1) is 12.3 Å². The molecular formula is C25H40N6O. The molecule has 0 bridgehead atoms. The summed E-state index contributed by atoms with van der Waals surface area (Å²) in [5, 5.41) is 11.2. The zero-order valence-corrected chi connectivity index (χ0v) is 20.2. The van der Waals surface area contributed by atoms with Crippen LogP contribution in [0.3, 0.4) is 0 Å². The number of aromatic nitrogens is 2. The van der Waals surface area contributed by atoms with Crippen molar-refractivity contribution in [3.05, 3.63) is 42.2 Å². The molecule has 2 aromatic rings. The fourth-order valence-corrected chi connectivity index (χ4v) is 3.86. The SMILES string of the molecule is CC1CCN(CCCN=C(NCCc2cnn(C)c2)Nc2ccc(OC(C)C)cc2)CC1. The largest absolute Gasteiger partial charge is 0.491 e. The van der Waals surface area contributed by atoms with Crippen molar-refractivity contribution in [2.45, 2.75) is 52.6 Å². The fraction of sp³-hybridized carbons (Fsp3) is 0.600. The molecule has 0 atom stereocenters. The fourth-order valence-electron chi connectivity index (χ4n) is 3.86. The number of benzene rings is 1. The van der Waals surface area contributed by atoms with Crippen LogP contribution >= 0.6 is 0 Å². The van der Waals surface area contributed by atoms with Gasteiger partial charge in [0.25, 0.3) is 0 Å². The van der Waals surface area contributed by atoms with Crippen molar-refractivity contribution in [1.82, 2.24) is 20.0 Å². The second-order valence-corrected chi connectivity index (χ2v) is 9.12. The molecule has 0 unspecified atom stereocenters. The van der Waals surface area contributed by atoms with Crippen molar-refractivity contribution in [2.75, 3.05) is 38.0 Å². The lowest BCUT2D eigenvalue weighted by Gasteiger charge is -2.29. The van der Waals surface area contributed by atoms with Gasteiger partial charge in [0.2, 0.25) is 0 Å². The predicted octanol–water partition coefficient (Wildman–Crippen LogP) is 3.93. The van der Waals surface area contributed by atoms with Crippen LogP contribution in [0.4, 0.5) is 5.69 Å². The molecule has 1 aliphatic rings. The number of anilines is 1. The maximum absolute atomic E-state index is 5.75. The lowest BCUT2D eigenvalue weighted by Crippen LogP contribution is -2.34. The summed E-state index contributed by atoms with van der Waals surface area (Å²) in [6, 6.07) is 8.05. The summed E-state index contributed by atoms with van der Waals surface area (Å²) in [7, 11) is 1.95. The van der Waals surface area contributed by atoms with Crippen LogP contribution in [-0.2, 0) is 13.5 Å². The molecule has 7 nitrogen and oxygen atoms in total. The van der Waals surface area contributed by atoms with E-state index in [0.29, 0.717) is 0 Å². The number of piperidine rings is 1. The number of hydrogen-bond donors (Lipinski definition) is 2. The van der Waals surface area contributed by atoms with E-state index >= 15 is 0 Å². The van der Waals surface area contributed by atoms with Gasteiger partial charge in [-0.3, -0.25) is 9.67 Å². The van der Waals surface area contributed by atoms with Crippen LogP contribution in [0.5, 0.6) is 5.75 Å². The van der Waals surface area contributed by atoms with E-state index in [0.717, 1.165) is 55.8 Å². The molecule has 0 spiro atoms. The molecule has 3 rings (SSSR count). The number of likely N-dealkylation sites (tertiary alicyclic amines) is 1. The molecule has 2 N–H and O–H groups in total. The van der Waals surface area contributed by atoms with Crippen molar-refractivity contribution < 1.29 is 4.74 Å². The Bertz CT molecular complexity index is 821. The number of nitrogens with one attached hydrogen (secondary N) is 2. The third-order valence-corrected chi connectivity index (χ3v) is 5.73. The minimum Gasteiger partial charge on any atom is -0.491 e. The first-order valence-electron chi connectivity index (χ1n) is 12.0. The predicted molar refractivity (Wildman–Crippen MR) is 133 cm³/mol. The molecule has 0 radical (unpaired) electrons. The van der Waals surface area contributed by atoms with E-state index in [1.54, 1.807) is 0 Å². The van der Waals surface area contributed by atoms with Crippen LogP contribution < -0.4 is 15.4 Å². The van der Waals surface area contributed by atoms with Crippen molar-refractivity contribution in [3.8, 4) is 5.75 Å². The summed E-state index contributed by atoms with van der Waals surface area (Å²) in [6.45, 7) is 11.6. The van der Waals surface area contributed by atoms with E-state index in [-0.39, 0.29) is 6.10 Å². The normalized spacial score (nSPS) is 15.8. The molecule has 32 heavy (non-hydrogen) atoms. The second-order valence-electron chi connectivity index (χ2n) is 9.12. The van der Waals surface area contributed by atoms with Crippen molar-refractivity contribution in [1.29, 1.82) is 0 Å². The minimum atomic E-state index is 0.170. The molecular weight excluding hydrogens is 400 g/mol. The molecule has 7 heteroatoms. The van der Waals surface area contributed by atoms with Crippen LogP contribution in [0.2, 0.25) is 0 Å². The Kier molecular flexibility index (Phi) is 9.41. The van der Waals surface area contributed by atoms with Gasteiger partial charge in [-0.05, 0) is 94.9 Å². The lowest BCUT2D eigenvalue weighted by molar-refractivity contribution is 0.192. The topological polar surface area (TPSA) is 66.7 Å². The highest BCUT2D eigenvalue weighted by Crippen LogP contribution is 2.17. The molecule has 1 aromatic heterocycles. The first-order valence-corrected chi connectivity index (χ1v) is 12.0. The smallest absolute Gasteiger partial charge is 0.195 e. The monoisotopic (exact) mass is 440 g/mol. The Morgan fingerprint density at radius 1 is 1.22 bits per heavy atom. The molecule has 1 aliphatic heterocycles. The maximum atomic E-state index is 5.75. The number of aliphatic imine (C=N–C) groups is 1. The van der Waals surface area contributed by atoms with Crippen LogP contribution in [-0.4, -0.2) is 59.5 Å². The molecule has 1 saturated heterocycles. The Hall–Kier alpha value is -2.54. The third-order valence-electron chi connectivity index (χ3n) is 5.73. The third kappa shape index (κ3) is 8.54. The average molecular weight is 441 g/mol. The van der Waals surface area contributed by atoms with Gasteiger partial charge in [0.15, 0.2) is 5.96 Å². The number of hydrogen-bond acceptors (Lipinski definition) is 4. The highest BCUT2D eigenvalue weighted by molar-refractivity contribution is 5.93. The van der Waals surface area contributed by atoms with Crippen LogP contribution in [0, 0.1) is 5.92 Å². The Morgan fingerprint density at radius 3 is 2.62 bits per heavy atom. The van der Waals surface area contributed by atoms with Crippen molar-refractivity contribution in [3.63, 3.8) is 0 Å². The summed E-state index contributed by atoms with van der Waals surface area (Å²) >= 11 is 0.